The van der Waals surface area contributed by atoms with Crippen molar-refractivity contribution in [3.05, 3.63) is 162 Å². The molecule has 10 rings (SSSR count). The van der Waals surface area contributed by atoms with E-state index in [0.717, 1.165) is 46.0 Å². The van der Waals surface area contributed by atoms with Gasteiger partial charge in [0.15, 0.2) is 17.3 Å². The standard InChI is InChI=1S/C23H20N8O2.C14H15N3O.C9H8N6O3S/c24-21-28-22(29-23-27-20(30-31(21)23)19-5-3-13-33-19)26-12-10-15-6-8-16(9-7-15)14-18(32)17-4-1-2-11-25-17;15-9-8-11-4-6-12(7-5-11)17-14(18)13-3-1-2-10-16-13;1-19(16,17)9-12-7(10)15-8(13-9)11-6(14-15)5-3-2-4-18-5/h1-9,11,13H,10,12,14H2,(H3,24,26,27,28,29,30);1-7,10H,8-9,15H2,(H,17,18);2-4H,1H3,(H2,10,11,12,13,14). The third-order valence-electron chi connectivity index (χ3n) is 9.84. The van der Waals surface area contributed by atoms with Crippen LogP contribution < -0.4 is 27.8 Å². The third-order valence-corrected chi connectivity index (χ3v) is 10.7. The second-order valence-electron chi connectivity index (χ2n) is 15.0. The van der Waals surface area contributed by atoms with Crippen molar-refractivity contribution < 1.29 is 26.8 Å². The number of nitrogens with one attached hydrogen (secondary N) is 2. The highest BCUT2D eigenvalue weighted by Gasteiger charge is 2.19. The number of hydrogen-bond acceptors (Lipinski definition) is 20. The number of carbonyl (C=O) groups excluding carboxylic acids is 2. The van der Waals surface area contributed by atoms with Crippen LogP contribution >= 0.6 is 0 Å². The van der Waals surface area contributed by atoms with E-state index in [0.29, 0.717) is 60.0 Å². The summed E-state index contributed by atoms with van der Waals surface area (Å²) in [7, 11) is -3.57. The Bertz CT molecular complexity index is 3440. The smallest absolute Gasteiger partial charge is 0.274 e. The van der Waals surface area contributed by atoms with E-state index in [9.17, 15) is 18.0 Å². The van der Waals surface area contributed by atoms with Gasteiger partial charge in [0, 0.05) is 37.3 Å². The number of benzene rings is 2. The highest BCUT2D eigenvalue weighted by atomic mass is 32.2. The Labute approximate surface area is 398 Å². The first-order chi connectivity index (χ1) is 33.9. The molecule has 0 fully saturated rings. The van der Waals surface area contributed by atoms with Crippen LogP contribution in [0.25, 0.3) is 34.7 Å². The van der Waals surface area contributed by atoms with Crippen LogP contribution in [-0.2, 0) is 29.1 Å². The number of nitrogen functional groups attached to an aromatic ring is 2. The van der Waals surface area contributed by atoms with Gasteiger partial charge in [-0.3, -0.25) is 19.6 Å². The monoisotopic (exact) mass is 961 g/mol. The van der Waals surface area contributed by atoms with Gasteiger partial charge in [0.25, 0.3) is 22.6 Å². The first-order valence-electron chi connectivity index (χ1n) is 21.3. The summed E-state index contributed by atoms with van der Waals surface area (Å²) in [4.78, 5) is 56.7. The summed E-state index contributed by atoms with van der Waals surface area (Å²) in [6, 6.07) is 33.0. The van der Waals surface area contributed by atoms with E-state index >= 15 is 0 Å². The van der Waals surface area contributed by atoms with Crippen molar-refractivity contribution in [1.29, 1.82) is 0 Å². The third kappa shape index (κ3) is 12.0. The zero-order valence-electron chi connectivity index (χ0n) is 37.2. The topological polar surface area (TPSA) is 334 Å². The minimum Gasteiger partial charge on any atom is -0.461 e. The van der Waals surface area contributed by atoms with Gasteiger partial charge in [0.05, 0.1) is 12.5 Å². The fourth-order valence-corrected chi connectivity index (χ4v) is 6.92. The maximum Gasteiger partial charge on any atom is 0.274 e. The number of Topliss-reactive ketones (excluding diaryl/α,β-unsaturated/α-hetero) is 1. The predicted octanol–water partition coefficient (Wildman–Crippen LogP) is 4.44. The van der Waals surface area contributed by atoms with Crippen LogP contribution in [0, 0.1) is 0 Å². The summed E-state index contributed by atoms with van der Waals surface area (Å²) >= 11 is 0. The molecule has 24 heteroatoms. The molecular weight excluding hydrogens is 919 g/mol. The number of hydrogen-bond donors (Lipinski definition) is 5. The lowest BCUT2D eigenvalue weighted by molar-refractivity contribution is 0.0986. The molecule has 0 saturated carbocycles. The fraction of sp³-hybridized carbons (Fsp3) is 0.130. The maximum atomic E-state index is 12.3. The van der Waals surface area contributed by atoms with E-state index in [1.165, 1.54) is 10.8 Å². The largest absolute Gasteiger partial charge is 0.461 e. The molecule has 0 aliphatic carbocycles. The lowest BCUT2D eigenvalue weighted by Gasteiger charge is -2.07. The van der Waals surface area contributed by atoms with Gasteiger partial charge >= 0.3 is 0 Å². The maximum absolute atomic E-state index is 12.3. The zero-order chi connectivity index (χ0) is 49.0. The molecule has 8 heterocycles. The molecular formula is C46H43N17O6S. The van der Waals surface area contributed by atoms with E-state index in [1.54, 1.807) is 73.3 Å². The van der Waals surface area contributed by atoms with Gasteiger partial charge in [-0.1, -0.05) is 48.5 Å². The molecule has 0 unspecified atom stereocenters. The van der Waals surface area contributed by atoms with Gasteiger partial charge in [-0.05, 0) is 96.7 Å². The van der Waals surface area contributed by atoms with Crippen LogP contribution in [0.15, 0.2) is 148 Å². The molecule has 0 spiro atoms. The normalized spacial score (nSPS) is 11.1. The van der Waals surface area contributed by atoms with E-state index in [1.807, 2.05) is 54.6 Å². The van der Waals surface area contributed by atoms with Crippen LogP contribution in [0.3, 0.4) is 0 Å². The number of fused-ring (bicyclic) bond motifs is 2. The number of rotatable bonds is 14. The van der Waals surface area contributed by atoms with Gasteiger partial charge < -0.3 is 36.7 Å². The van der Waals surface area contributed by atoms with Crippen molar-refractivity contribution in [1.82, 2.24) is 59.1 Å². The van der Waals surface area contributed by atoms with Crippen LogP contribution in [0.1, 0.15) is 37.7 Å². The number of furan rings is 2. The number of anilines is 4. The molecule has 23 nitrogen and oxygen atoms in total. The lowest BCUT2D eigenvalue weighted by atomic mass is 10.0. The molecule has 1 amide bonds. The molecule has 0 saturated heterocycles. The van der Waals surface area contributed by atoms with Crippen molar-refractivity contribution in [2.24, 2.45) is 5.73 Å². The summed E-state index contributed by atoms with van der Waals surface area (Å²) in [5, 5.41) is 13.9. The molecule has 8 N–H and O–H groups in total. The van der Waals surface area contributed by atoms with Gasteiger partial charge in [-0.15, -0.1) is 10.2 Å². The Hall–Kier alpha value is -9.29. The summed E-state index contributed by atoms with van der Waals surface area (Å²) in [6.07, 6.45) is 9.13. The van der Waals surface area contributed by atoms with Gasteiger partial charge in [-0.25, -0.2) is 8.42 Å². The summed E-state index contributed by atoms with van der Waals surface area (Å²) in [5.41, 5.74) is 22.0. The molecule has 0 aliphatic heterocycles. The van der Waals surface area contributed by atoms with Crippen LogP contribution in [0.2, 0.25) is 0 Å². The molecule has 0 atom stereocenters. The van der Waals surface area contributed by atoms with Crippen molar-refractivity contribution in [2.45, 2.75) is 24.4 Å². The Morgan fingerprint density at radius 1 is 0.629 bits per heavy atom. The number of ketones is 1. The van der Waals surface area contributed by atoms with Crippen molar-refractivity contribution in [3.63, 3.8) is 0 Å². The minimum absolute atomic E-state index is 0.00108. The summed E-state index contributed by atoms with van der Waals surface area (Å²) in [5.74, 6) is 2.18. The first kappa shape index (κ1) is 47.2. The average Bonchev–Trinajstić information content (AvgIpc) is 4.22. The predicted molar refractivity (Wildman–Crippen MR) is 257 cm³/mol. The molecule has 2 aromatic carbocycles. The second-order valence-corrected chi connectivity index (χ2v) is 16.9. The number of nitrogens with zero attached hydrogens (tertiary/aromatic N) is 12. The van der Waals surface area contributed by atoms with Crippen LogP contribution in [-0.4, -0.2) is 98.6 Å². The number of amides is 1. The highest BCUT2D eigenvalue weighted by Crippen LogP contribution is 2.20. The second kappa shape index (κ2) is 21.6. The van der Waals surface area contributed by atoms with E-state index < -0.39 is 15.0 Å². The molecule has 0 bridgehead atoms. The Balaban J connectivity index is 0.000000152. The molecule has 10 aromatic rings. The summed E-state index contributed by atoms with van der Waals surface area (Å²) < 4.78 is 35.8. The Morgan fingerprint density at radius 2 is 1.19 bits per heavy atom. The number of pyridine rings is 2. The van der Waals surface area contributed by atoms with Crippen molar-refractivity contribution in [2.75, 3.05) is 41.4 Å². The SMILES string of the molecule is CS(=O)(=O)c1nc(N)n2nc(-c3ccco3)nc2n1.NCCc1ccc(NC(=O)c2ccccn2)cc1.Nc1nc(NCCc2ccc(CC(=O)c3ccccn3)cc2)nc2nc(-c3ccco3)nn12. The number of sulfone groups is 1. The first-order valence-corrected chi connectivity index (χ1v) is 23.1. The Morgan fingerprint density at radius 3 is 1.74 bits per heavy atom. The summed E-state index contributed by atoms with van der Waals surface area (Å²) in [6.45, 7) is 1.22. The number of aromatic nitrogens is 12. The quantitative estimate of drug-likeness (QED) is 0.0941. The van der Waals surface area contributed by atoms with E-state index in [-0.39, 0.29) is 35.2 Å². The van der Waals surface area contributed by atoms with Crippen LogP contribution in [0.5, 0.6) is 0 Å². The number of carbonyl (C=O) groups is 2. The van der Waals surface area contributed by atoms with Crippen LogP contribution in [0.4, 0.5) is 23.5 Å². The Kier molecular flexibility index (Phi) is 14.5. The van der Waals surface area contributed by atoms with Gasteiger partial charge in [0.1, 0.15) is 11.4 Å². The minimum atomic E-state index is -3.57. The lowest BCUT2D eigenvalue weighted by Crippen LogP contribution is -2.13. The molecule has 70 heavy (non-hydrogen) atoms. The van der Waals surface area contributed by atoms with Crippen molar-refractivity contribution >= 4 is 56.6 Å². The van der Waals surface area contributed by atoms with Crippen molar-refractivity contribution in [3.8, 4) is 23.2 Å². The fourth-order valence-electron chi connectivity index (χ4n) is 6.42. The number of nitrogens with two attached hydrogens (primary N) is 3. The molecule has 8 aromatic heterocycles. The molecule has 0 aliphatic rings. The van der Waals surface area contributed by atoms with E-state index in [4.69, 9.17) is 26.0 Å². The average molecular weight is 962 g/mol. The highest BCUT2D eigenvalue weighted by molar-refractivity contribution is 7.90. The van der Waals surface area contributed by atoms with E-state index in [2.05, 4.69) is 60.7 Å². The zero-order valence-corrected chi connectivity index (χ0v) is 38.0. The molecule has 354 valence electrons. The van der Waals surface area contributed by atoms with Gasteiger partial charge in [0.2, 0.25) is 39.3 Å². The van der Waals surface area contributed by atoms with Gasteiger partial charge in [-0.2, -0.15) is 38.9 Å². The molecule has 0 radical (unpaired) electrons.